The third-order valence-corrected chi connectivity index (χ3v) is 14.4. The minimum absolute atomic E-state index is 0.181. The van der Waals surface area contributed by atoms with Crippen molar-refractivity contribution in [3.05, 3.63) is 81.4 Å². The molecule has 2 aliphatic rings. The molecule has 2 aliphatic heterocycles. The van der Waals surface area contributed by atoms with Gasteiger partial charge in [0, 0.05) is 80.7 Å². The maximum Gasteiger partial charge on any atom is 0.410 e. The summed E-state index contributed by atoms with van der Waals surface area (Å²) in [4.78, 5) is 51.0. The average molecular weight is 1090 g/mol. The highest BCUT2D eigenvalue weighted by molar-refractivity contribution is 9.10. The second-order valence-electron chi connectivity index (χ2n) is 19.7. The van der Waals surface area contributed by atoms with Gasteiger partial charge < -0.3 is 29.1 Å². The summed E-state index contributed by atoms with van der Waals surface area (Å²) in [5, 5.41) is 20.8. The van der Waals surface area contributed by atoms with Crippen LogP contribution in [0.25, 0.3) is 22.7 Å². The number of anilines is 4. The summed E-state index contributed by atoms with van der Waals surface area (Å²) in [7, 11) is 3.85. The van der Waals surface area contributed by atoms with Crippen molar-refractivity contribution in [3.63, 3.8) is 0 Å². The lowest BCUT2D eigenvalue weighted by Crippen LogP contribution is -2.41. The van der Waals surface area contributed by atoms with Gasteiger partial charge in [-0.1, -0.05) is 13.8 Å². The zero-order valence-corrected chi connectivity index (χ0v) is 45.4. The lowest BCUT2D eigenvalue weighted by Gasteiger charge is -2.33. The van der Waals surface area contributed by atoms with Crippen LogP contribution in [0.4, 0.5) is 35.9 Å². The minimum atomic E-state index is -0.522. The molecule has 0 spiro atoms. The molecular weight excluding hydrogens is 1030 g/mol. The molecule has 2 saturated heterocycles. The van der Waals surface area contributed by atoms with Gasteiger partial charge in [-0.3, -0.25) is 0 Å². The summed E-state index contributed by atoms with van der Waals surface area (Å²) >= 11 is 5.84. The van der Waals surface area contributed by atoms with Crippen molar-refractivity contribution in [3.8, 4) is 17.5 Å². The van der Waals surface area contributed by atoms with Crippen LogP contribution < -0.4 is 9.80 Å². The van der Waals surface area contributed by atoms with Gasteiger partial charge in [-0.15, -0.1) is 0 Å². The topological polar surface area (TPSA) is 201 Å². The van der Waals surface area contributed by atoms with E-state index in [1.54, 1.807) is 9.80 Å². The van der Waals surface area contributed by atoms with Crippen molar-refractivity contribution in [1.29, 1.82) is 5.26 Å². The van der Waals surface area contributed by atoms with E-state index in [-0.39, 0.29) is 29.6 Å². The Kier molecular flexibility index (Phi) is 15.4. The summed E-state index contributed by atoms with van der Waals surface area (Å²) in [5.41, 5.74) is 4.96. The summed E-state index contributed by atoms with van der Waals surface area (Å²) in [6.07, 6.45) is 4.23. The fraction of sp³-hybridized carbons (Fsp3) is 0.490. The van der Waals surface area contributed by atoms with Crippen molar-refractivity contribution in [2.24, 2.45) is 0 Å². The number of nitrogens with zero attached hydrogens (tertiary/aromatic N) is 15. The number of aryl methyl sites for hydroxylation is 2. The number of piperidine rings is 2. The Bertz CT molecular complexity index is 3120. The first-order valence-electron chi connectivity index (χ1n) is 24.0. The number of fused-ring (bicyclic) bond motifs is 2. The van der Waals surface area contributed by atoms with Crippen LogP contribution in [0.15, 0.2) is 47.2 Å². The van der Waals surface area contributed by atoms with E-state index in [9.17, 15) is 19.2 Å². The Labute approximate surface area is 434 Å². The zero-order chi connectivity index (χ0) is 51.6. The Morgan fingerprint density at radius 2 is 1.18 bits per heavy atom. The Morgan fingerprint density at radius 1 is 0.722 bits per heavy atom. The number of hydrogen-bond acceptors (Lipinski definition) is 17. The van der Waals surface area contributed by atoms with E-state index in [1.165, 1.54) is 41.3 Å². The number of aromatic nitrogens is 10. The average Bonchev–Trinajstić information content (AvgIpc) is 4.17. The monoisotopic (exact) mass is 1080 g/mol. The molecule has 0 bridgehead atoms. The largest absolute Gasteiger partial charge is 0.444 e. The number of halogens is 2. The highest BCUT2D eigenvalue weighted by Gasteiger charge is 2.31. The lowest BCUT2D eigenvalue weighted by atomic mass is 9.93. The summed E-state index contributed by atoms with van der Waals surface area (Å²) in [6, 6.07) is 14.1. The third-order valence-electron chi connectivity index (χ3n) is 12.2. The van der Waals surface area contributed by atoms with Gasteiger partial charge in [0.1, 0.15) is 17.0 Å². The second-order valence-corrected chi connectivity index (χ2v) is 21.8. The number of ether oxygens (including phenoxy) is 2. The molecule has 9 rings (SSSR count). The predicted molar refractivity (Wildman–Crippen MR) is 278 cm³/mol. The number of amides is 2. The van der Waals surface area contributed by atoms with Crippen LogP contribution >= 0.6 is 39.0 Å². The molecule has 0 N–H and O–H groups in total. The number of imidazole rings is 2. The van der Waals surface area contributed by atoms with E-state index >= 15 is 0 Å². The van der Waals surface area contributed by atoms with Crippen LogP contribution in [0, 0.1) is 17.1 Å². The molecular formula is C49H59BrFN15O4S2. The fourth-order valence-electron chi connectivity index (χ4n) is 8.69. The van der Waals surface area contributed by atoms with E-state index in [0.29, 0.717) is 53.9 Å². The van der Waals surface area contributed by atoms with Gasteiger partial charge in [0.2, 0.25) is 15.0 Å². The molecule has 0 atom stereocenters. The van der Waals surface area contributed by atoms with Gasteiger partial charge in [-0.2, -0.15) is 43.2 Å². The quantitative estimate of drug-likeness (QED) is 0.132. The molecule has 2 amide bonds. The van der Waals surface area contributed by atoms with E-state index in [4.69, 9.17) is 29.6 Å². The zero-order valence-electron chi connectivity index (χ0n) is 42.2. The normalized spacial score (nSPS) is 14.8. The molecule has 23 heteroatoms. The van der Waals surface area contributed by atoms with Crippen molar-refractivity contribution in [2.45, 2.75) is 117 Å². The van der Waals surface area contributed by atoms with Gasteiger partial charge in [-0.25, -0.2) is 23.9 Å². The molecule has 2 fully saturated rings. The van der Waals surface area contributed by atoms with E-state index in [0.717, 1.165) is 82.9 Å². The Hall–Kier alpha value is -6.38. The van der Waals surface area contributed by atoms with Crippen LogP contribution in [-0.2, 0) is 22.3 Å². The van der Waals surface area contributed by atoms with Crippen LogP contribution in [0.5, 0.6) is 0 Å². The van der Waals surface area contributed by atoms with Gasteiger partial charge in [0.25, 0.3) is 0 Å². The van der Waals surface area contributed by atoms with Crippen LogP contribution in [-0.4, -0.2) is 121 Å². The maximum atomic E-state index is 13.6. The molecule has 0 aliphatic carbocycles. The van der Waals surface area contributed by atoms with Gasteiger partial charge in [-0.05, 0) is 138 Å². The molecule has 7 aromatic rings. The molecule has 0 unspecified atom stereocenters. The number of carbonyl (C=O) groups excluding carboxylic acids is 2. The molecule has 8 heterocycles. The highest BCUT2D eigenvalue weighted by Crippen LogP contribution is 2.36. The highest BCUT2D eigenvalue weighted by atomic mass is 79.9. The standard InChI is InChI=1S/C28H31FN8O2S.C21H28BrN7O2S/c1-6-21-25(35(5)26-32-24(34-40-26)20-8-7-19(29)15-18(20)16-30)37-23(31-21)10-9-22(33-37)17-11-13-36(14-12-17)27(38)39-28(2,3)4;1-6-14-17(27(5)19-24-18(22)26-32-19)29-16(23-14)8-7-15(25-29)13-9-11-28(12-10-13)20(30)31-21(2,3)4/h7-10,15,17H,6,11-14H2,1-5H3;7-8,13H,6,9-12H2,1-5H3. The molecule has 380 valence electrons. The SMILES string of the molecule is CCc1nc2ccc(C3CCN(C(=O)OC(C)(C)C)CC3)nn2c1N(C)c1nc(-c2ccc(F)cc2C#N)ns1.CCc1nc2ccc(C3CCN(C(=O)OC(C)(C)C)CC3)nn2c1N(C)c1nc(Br)ns1. The smallest absolute Gasteiger partial charge is 0.410 e. The molecule has 1 aromatic carbocycles. The summed E-state index contributed by atoms with van der Waals surface area (Å²) < 4.78 is 37.7. The van der Waals surface area contributed by atoms with Gasteiger partial charge in [0.05, 0.1) is 34.4 Å². The van der Waals surface area contributed by atoms with Crippen LogP contribution in [0.2, 0.25) is 0 Å². The molecule has 6 aromatic heterocycles. The molecule has 19 nitrogen and oxygen atoms in total. The maximum absolute atomic E-state index is 13.6. The van der Waals surface area contributed by atoms with Gasteiger partial charge in [0.15, 0.2) is 28.8 Å². The van der Waals surface area contributed by atoms with Crippen molar-refractivity contribution in [2.75, 3.05) is 50.1 Å². The van der Waals surface area contributed by atoms with Crippen LogP contribution in [0.1, 0.15) is 121 Å². The lowest BCUT2D eigenvalue weighted by molar-refractivity contribution is 0.0193. The van der Waals surface area contributed by atoms with E-state index < -0.39 is 17.0 Å². The molecule has 0 saturated carbocycles. The number of benzene rings is 1. The number of carbonyl (C=O) groups is 2. The minimum Gasteiger partial charge on any atom is -0.444 e. The number of hydrogen-bond donors (Lipinski definition) is 0. The number of nitriles is 1. The van der Waals surface area contributed by atoms with E-state index in [1.807, 2.05) is 106 Å². The Balaban J connectivity index is 0.000000197. The fourth-order valence-corrected chi connectivity index (χ4v) is 10.4. The first-order chi connectivity index (χ1) is 34.2. The summed E-state index contributed by atoms with van der Waals surface area (Å²) in [5.74, 6) is 2.04. The number of rotatable bonds is 9. The molecule has 72 heavy (non-hydrogen) atoms. The van der Waals surface area contributed by atoms with Gasteiger partial charge >= 0.3 is 12.2 Å². The van der Waals surface area contributed by atoms with Crippen molar-refractivity contribution < 1.29 is 23.5 Å². The van der Waals surface area contributed by atoms with Crippen molar-refractivity contribution in [1.82, 2.24) is 57.7 Å². The first-order valence-corrected chi connectivity index (χ1v) is 26.3. The first kappa shape index (κ1) is 52.0. The third kappa shape index (κ3) is 11.6. The second kappa shape index (κ2) is 21.4. The predicted octanol–water partition coefficient (Wildman–Crippen LogP) is 10.5. The van der Waals surface area contributed by atoms with Crippen molar-refractivity contribution >= 4 is 84.4 Å². The summed E-state index contributed by atoms with van der Waals surface area (Å²) in [6.45, 7) is 17.9. The Morgan fingerprint density at radius 3 is 1.60 bits per heavy atom. The van der Waals surface area contributed by atoms with E-state index in [2.05, 4.69) is 47.6 Å². The van der Waals surface area contributed by atoms with Crippen LogP contribution in [0.3, 0.4) is 0 Å². The molecule has 0 radical (unpaired) electrons. The number of likely N-dealkylation sites (tertiary alicyclic amines) is 2.